The maximum Gasteiger partial charge on any atom is 0.0406 e. The van der Waals surface area contributed by atoms with Crippen molar-refractivity contribution in [1.29, 1.82) is 0 Å². The van der Waals surface area contributed by atoms with Gasteiger partial charge in [0, 0.05) is 17.3 Å². The van der Waals surface area contributed by atoms with Gasteiger partial charge < -0.3 is 5.32 Å². The quantitative estimate of drug-likeness (QED) is 0.738. The van der Waals surface area contributed by atoms with E-state index < -0.39 is 0 Å². The topological polar surface area (TPSA) is 12.0 Å². The number of hydrogen-bond acceptors (Lipinski definition) is 2. The summed E-state index contributed by atoms with van der Waals surface area (Å²) in [5.41, 5.74) is 1.34. The minimum atomic E-state index is 0.811. The second-order valence-corrected chi connectivity index (χ2v) is 5.15. The van der Waals surface area contributed by atoms with Crippen molar-refractivity contribution in [3.05, 3.63) is 34.9 Å². The summed E-state index contributed by atoms with van der Waals surface area (Å²) >= 11 is 7.79. The van der Waals surface area contributed by atoms with Crippen LogP contribution in [0.1, 0.15) is 12.5 Å². The number of rotatable bonds is 7. The second-order valence-electron chi connectivity index (χ2n) is 3.32. The Morgan fingerprint density at radius 3 is 2.60 bits per heavy atom. The van der Waals surface area contributed by atoms with E-state index in [4.69, 9.17) is 11.6 Å². The summed E-state index contributed by atoms with van der Waals surface area (Å²) in [5.74, 6) is 2.41. The van der Waals surface area contributed by atoms with E-state index in [1.165, 1.54) is 17.1 Å². The zero-order chi connectivity index (χ0) is 10.9. The smallest absolute Gasteiger partial charge is 0.0406 e. The predicted molar refractivity (Wildman–Crippen MR) is 71.0 cm³/mol. The molecule has 1 nitrogen and oxygen atoms in total. The fourth-order valence-corrected chi connectivity index (χ4v) is 2.00. The highest BCUT2D eigenvalue weighted by Crippen LogP contribution is 2.09. The molecule has 15 heavy (non-hydrogen) atoms. The summed E-state index contributed by atoms with van der Waals surface area (Å²) in [7, 11) is 0. The molecule has 0 saturated carbocycles. The Morgan fingerprint density at radius 2 is 1.93 bits per heavy atom. The van der Waals surface area contributed by atoms with Gasteiger partial charge in [-0.15, -0.1) is 0 Å². The van der Waals surface area contributed by atoms with Crippen LogP contribution >= 0.6 is 23.4 Å². The fourth-order valence-electron chi connectivity index (χ4n) is 1.30. The lowest BCUT2D eigenvalue weighted by Gasteiger charge is -2.04. The van der Waals surface area contributed by atoms with Crippen LogP contribution in [0.3, 0.4) is 0 Å². The molecule has 1 aromatic rings. The fraction of sp³-hybridized carbons (Fsp3) is 0.500. The molecule has 0 fully saturated rings. The zero-order valence-electron chi connectivity index (χ0n) is 9.13. The molecular weight excluding hydrogens is 226 g/mol. The van der Waals surface area contributed by atoms with Crippen molar-refractivity contribution in [1.82, 2.24) is 5.32 Å². The minimum Gasteiger partial charge on any atom is -0.316 e. The zero-order valence-corrected chi connectivity index (χ0v) is 10.7. The number of nitrogens with one attached hydrogen (secondary N) is 1. The molecule has 0 amide bonds. The van der Waals surface area contributed by atoms with Gasteiger partial charge in [-0.2, -0.15) is 11.8 Å². The summed E-state index contributed by atoms with van der Waals surface area (Å²) in [4.78, 5) is 0. The van der Waals surface area contributed by atoms with E-state index in [1.54, 1.807) is 0 Å². The van der Waals surface area contributed by atoms with E-state index in [0.717, 1.165) is 24.5 Å². The number of thioether (sulfide) groups is 1. The van der Waals surface area contributed by atoms with E-state index >= 15 is 0 Å². The van der Waals surface area contributed by atoms with Crippen LogP contribution in [-0.4, -0.2) is 24.6 Å². The van der Waals surface area contributed by atoms with Gasteiger partial charge in [0.25, 0.3) is 0 Å². The van der Waals surface area contributed by atoms with Gasteiger partial charge in [-0.1, -0.05) is 30.7 Å². The number of hydrogen-bond donors (Lipinski definition) is 1. The van der Waals surface area contributed by atoms with Gasteiger partial charge in [0.15, 0.2) is 0 Å². The molecule has 1 rings (SSSR count). The predicted octanol–water partition coefficient (Wildman–Crippen LogP) is 3.23. The Bertz CT molecular complexity index is 261. The van der Waals surface area contributed by atoms with Crippen molar-refractivity contribution in [2.75, 3.05) is 24.6 Å². The molecule has 0 aliphatic rings. The maximum atomic E-state index is 5.81. The molecule has 0 atom stereocenters. The Kier molecular flexibility index (Phi) is 6.90. The molecule has 0 saturated heterocycles. The number of halogens is 1. The molecular formula is C12H18ClNS. The lowest BCUT2D eigenvalue weighted by molar-refractivity contribution is 0.721. The molecule has 0 heterocycles. The van der Waals surface area contributed by atoms with Crippen LogP contribution < -0.4 is 5.32 Å². The highest BCUT2D eigenvalue weighted by Gasteiger charge is 1.93. The van der Waals surface area contributed by atoms with Crippen LogP contribution in [0, 0.1) is 0 Å². The van der Waals surface area contributed by atoms with Crippen LogP contribution in [0.4, 0.5) is 0 Å². The Morgan fingerprint density at radius 1 is 1.20 bits per heavy atom. The van der Waals surface area contributed by atoms with E-state index in [9.17, 15) is 0 Å². The van der Waals surface area contributed by atoms with Crippen molar-refractivity contribution in [3.8, 4) is 0 Å². The molecule has 0 aliphatic carbocycles. The number of benzene rings is 1. The highest BCUT2D eigenvalue weighted by atomic mass is 35.5. The molecule has 0 bridgehead atoms. The van der Waals surface area contributed by atoms with Crippen LogP contribution in [-0.2, 0) is 6.42 Å². The van der Waals surface area contributed by atoms with Crippen molar-refractivity contribution < 1.29 is 0 Å². The van der Waals surface area contributed by atoms with Crippen LogP contribution in [0.25, 0.3) is 0 Å². The van der Waals surface area contributed by atoms with Gasteiger partial charge in [-0.25, -0.2) is 0 Å². The second kappa shape index (κ2) is 8.03. The Balaban J connectivity index is 2.07. The third-order valence-electron chi connectivity index (χ3n) is 2.13. The average Bonchev–Trinajstić information content (AvgIpc) is 2.26. The molecule has 0 radical (unpaired) electrons. The first-order valence-corrected chi connectivity index (χ1v) is 6.89. The van der Waals surface area contributed by atoms with Gasteiger partial charge in [0.05, 0.1) is 0 Å². The summed E-state index contributed by atoms with van der Waals surface area (Å²) < 4.78 is 0. The van der Waals surface area contributed by atoms with Gasteiger partial charge in [-0.05, 0) is 36.4 Å². The SMILES string of the molecule is CCSCCNCCc1ccc(Cl)cc1. The molecule has 0 aromatic heterocycles. The summed E-state index contributed by atoms with van der Waals surface area (Å²) in [6.07, 6.45) is 1.08. The first-order valence-electron chi connectivity index (χ1n) is 5.36. The van der Waals surface area contributed by atoms with Gasteiger partial charge in [0.1, 0.15) is 0 Å². The van der Waals surface area contributed by atoms with Crippen molar-refractivity contribution in [2.24, 2.45) is 0 Å². The monoisotopic (exact) mass is 243 g/mol. The molecule has 1 N–H and O–H groups in total. The van der Waals surface area contributed by atoms with E-state index in [-0.39, 0.29) is 0 Å². The Labute approximate surface area is 102 Å². The van der Waals surface area contributed by atoms with Crippen molar-refractivity contribution in [3.63, 3.8) is 0 Å². The molecule has 84 valence electrons. The summed E-state index contributed by atoms with van der Waals surface area (Å²) in [6, 6.07) is 8.07. The van der Waals surface area contributed by atoms with Crippen molar-refractivity contribution >= 4 is 23.4 Å². The van der Waals surface area contributed by atoms with Gasteiger partial charge >= 0.3 is 0 Å². The summed E-state index contributed by atoms with van der Waals surface area (Å²) in [5, 5.41) is 4.24. The normalized spacial score (nSPS) is 10.5. The lowest BCUT2D eigenvalue weighted by atomic mass is 10.1. The van der Waals surface area contributed by atoms with Crippen LogP contribution in [0.2, 0.25) is 5.02 Å². The average molecular weight is 244 g/mol. The molecule has 3 heteroatoms. The minimum absolute atomic E-state index is 0.811. The van der Waals surface area contributed by atoms with E-state index in [1.807, 2.05) is 23.9 Å². The molecule has 1 aromatic carbocycles. The lowest BCUT2D eigenvalue weighted by Crippen LogP contribution is -2.20. The highest BCUT2D eigenvalue weighted by molar-refractivity contribution is 7.99. The van der Waals surface area contributed by atoms with Gasteiger partial charge in [0.2, 0.25) is 0 Å². The molecule has 0 unspecified atom stereocenters. The van der Waals surface area contributed by atoms with E-state index in [0.29, 0.717) is 0 Å². The van der Waals surface area contributed by atoms with Crippen molar-refractivity contribution in [2.45, 2.75) is 13.3 Å². The van der Waals surface area contributed by atoms with Crippen LogP contribution in [0.5, 0.6) is 0 Å². The first-order chi connectivity index (χ1) is 7.33. The largest absolute Gasteiger partial charge is 0.316 e. The van der Waals surface area contributed by atoms with Crippen LogP contribution in [0.15, 0.2) is 24.3 Å². The Hall–Kier alpha value is -0.180. The maximum absolute atomic E-state index is 5.81. The van der Waals surface area contributed by atoms with Gasteiger partial charge in [-0.3, -0.25) is 0 Å². The molecule has 0 aliphatic heterocycles. The molecule has 0 spiro atoms. The third kappa shape index (κ3) is 6.08. The summed E-state index contributed by atoms with van der Waals surface area (Å²) in [6.45, 7) is 4.34. The van der Waals surface area contributed by atoms with E-state index in [2.05, 4.69) is 24.4 Å². The third-order valence-corrected chi connectivity index (χ3v) is 3.28. The standard InChI is InChI=1S/C12H18ClNS/c1-2-15-10-9-14-8-7-11-3-5-12(13)6-4-11/h3-6,14H,2,7-10H2,1H3. The first kappa shape index (κ1) is 12.9.